The molecule has 0 saturated heterocycles. The van der Waals surface area contributed by atoms with Crippen molar-refractivity contribution >= 4 is 17.2 Å². The smallest absolute Gasteiger partial charge is 0.327 e. The summed E-state index contributed by atoms with van der Waals surface area (Å²) in [5, 5.41) is 10.9. The van der Waals surface area contributed by atoms with Crippen molar-refractivity contribution in [3.63, 3.8) is 0 Å². The second kappa shape index (κ2) is 14.0. The summed E-state index contributed by atoms with van der Waals surface area (Å²) in [5.41, 5.74) is 2.91. The third-order valence-corrected chi connectivity index (χ3v) is 7.31. The van der Waals surface area contributed by atoms with Crippen LogP contribution in [0.2, 0.25) is 0 Å². The highest BCUT2D eigenvalue weighted by Crippen LogP contribution is 2.49. The highest BCUT2D eigenvalue weighted by Gasteiger charge is 2.46. The van der Waals surface area contributed by atoms with E-state index in [4.69, 9.17) is 13.8 Å². The Hall–Kier alpha value is -1.02. The lowest BCUT2D eigenvalue weighted by Gasteiger charge is -2.43. The summed E-state index contributed by atoms with van der Waals surface area (Å²) in [4.78, 5) is 38.5. The first-order valence-corrected chi connectivity index (χ1v) is 15.0. The van der Waals surface area contributed by atoms with Crippen LogP contribution < -0.4 is 0 Å². The topological polar surface area (TPSA) is 129 Å². The fraction of sp³-hybridized carbons (Fsp3) is 0.571. The van der Waals surface area contributed by atoms with Gasteiger partial charge in [0.15, 0.2) is 0 Å². The minimum absolute atomic E-state index is 0.190. The standard InChI is InChI=1S/C28H44O8P2/c1-8-20-14-22(26(2,3)4)24(23(15-20)27(5,6)7)25(34-16-21-12-10-9-11-13-21)28(17-29,18-35-37(30)31)19-36-38(32)33/h9-15,25,29-33H,8,16-19H2,1-7H3. The molecular weight excluding hydrogens is 526 g/mol. The van der Waals surface area contributed by atoms with Gasteiger partial charge < -0.3 is 38.5 Å². The van der Waals surface area contributed by atoms with Crippen LogP contribution >= 0.6 is 17.2 Å². The van der Waals surface area contributed by atoms with Crippen LogP contribution in [-0.4, -0.2) is 44.5 Å². The monoisotopic (exact) mass is 570 g/mol. The van der Waals surface area contributed by atoms with E-state index in [1.807, 2.05) is 30.3 Å². The second-order valence-corrected chi connectivity index (χ2v) is 13.2. The van der Waals surface area contributed by atoms with E-state index in [1.165, 1.54) is 0 Å². The second-order valence-electron chi connectivity index (χ2n) is 11.7. The largest absolute Gasteiger partial charge is 0.395 e. The summed E-state index contributed by atoms with van der Waals surface area (Å²) in [6, 6.07) is 13.9. The minimum atomic E-state index is -2.75. The highest BCUT2D eigenvalue weighted by molar-refractivity contribution is 7.39. The molecule has 2 rings (SSSR count). The zero-order chi connectivity index (χ0) is 28.7. The third-order valence-electron chi connectivity index (χ3n) is 6.59. The highest BCUT2D eigenvalue weighted by atomic mass is 31.2. The molecule has 0 aliphatic carbocycles. The summed E-state index contributed by atoms with van der Waals surface area (Å²) in [7, 11) is -5.51. The van der Waals surface area contributed by atoms with Gasteiger partial charge in [-0.25, -0.2) is 0 Å². The number of hydrogen-bond donors (Lipinski definition) is 5. The number of rotatable bonds is 13. The first-order valence-electron chi connectivity index (χ1n) is 12.7. The predicted molar refractivity (Wildman–Crippen MR) is 151 cm³/mol. The van der Waals surface area contributed by atoms with Crippen LogP contribution in [0, 0.1) is 5.41 Å². The van der Waals surface area contributed by atoms with Crippen molar-refractivity contribution in [1.29, 1.82) is 0 Å². The Morgan fingerprint density at radius 2 is 1.24 bits per heavy atom. The molecule has 1 unspecified atom stereocenters. The predicted octanol–water partition coefficient (Wildman–Crippen LogP) is 5.54. The van der Waals surface area contributed by atoms with Gasteiger partial charge in [0.05, 0.1) is 37.9 Å². The fourth-order valence-corrected chi connectivity index (χ4v) is 5.25. The van der Waals surface area contributed by atoms with Gasteiger partial charge >= 0.3 is 17.2 Å². The number of aliphatic hydroxyl groups excluding tert-OH is 1. The van der Waals surface area contributed by atoms with E-state index in [0.29, 0.717) is 0 Å². The number of benzene rings is 2. The van der Waals surface area contributed by atoms with Crippen LogP contribution in [0.25, 0.3) is 0 Å². The van der Waals surface area contributed by atoms with Crippen LogP contribution in [0.5, 0.6) is 0 Å². The lowest BCUT2D eigenvalue weighted by molar-refractivity contribution is -0.116. The lowest BCUT2D eigenvalue weighted by atomic mass is 9.69. The lowest BCUT2D eigenvalue weighted by Crippen LogP contribution is -2.44. The van der Waals surface area contributed by atoms with Crippen molar-refractivity contribution < 1.29 is 38.5 Å². The van der Waals surface area contributed by atoms with Gasteiger partial charge in [-0.3, -0.25) is 0 Å². The first kappa shape index (κ1) is 33.2. The van der Waals surface area contributed by atoms with Crippen LogP contribution in [0.15, 0.2) is 42.5 Å². The molecule has 0 spiro atoms. The normalized spacial score (nSPS) is 13.9. The van der Waals surface area contributed by atoms with Gasteiger partial charge in [-0.2, -0.15) is 0 Å². The molecule has 0 radical (unpaired) electrons. The Morgan fingerprint density at radius 3 is 1.61 bits per heavy atom. The fourth-order valence-electron chi connectivity index (χ4n) is 4.50. The van der Waals surface area contributed by atoms with Crippen molar-refractivity contribution in [2.45, 2.75) is 78.4 Å². The SMILES string of the molecule is CCc1cc(C(C)(C)C)c(C(OCc2ccccc2)C(CO)(COP(O)O)COP(O)O)c(C(C)(C)C)c1. The van der Waals surface area contributed by atoms with Crippen LogP contribution in [0.3, 0.4) is 0 Å². The molecule has 0 fully saturated rings. The van der Waals surface area contributed by atoms with E-state index in [0.717, 1.165) is 34.2 Å². The van der Waals surface area contributed by atoms with Gasteiger partial charge in [0.2, 0.25) is 0 Å². The van der Waals surface area contributed by atoms with Crippen molar-refractivity contribution in [2.75, 3.05) is 19.8 Å². The molecule has 0 aliphatic heterocycles. The van der Waals surface area contributed by atoms with Crippen LogP contribution in [0.1, 0.15) is 82.4 Å². The molecule has 5 N–H and O–H groups in total. The molecule has 0 heterocycles. The van der Waals surface area contributed by atoms with E-state index in [2.05, 4.69) is 60.6 Å². The van der Waals surface area contributed by atoms with Gasteiger partial charge in [-0.15, -0.1) is 0 Å². The van der Waals surface area contributed by atoms with Crippen molar-refractivity contribution in [1.82, 2.24) is 0 Å². The Balaban J connectivity index is 2.90. The number of aryl methyl sites for hydroxylation is 1. The Kier molecular flexibility index (Phi) is 12.3. The molecule has 10 heteroatoms. The van der Waals surface area contributed by atoms with E-state index in [9.17, 15) is 24.7 Å². The third kappa shape index (κ3) is 9.00. The molecule has 0 saturated carbocycles. The van der Waals surface area contributed by atoms with E-state index in [-0.39, 0.29) is 30.7 Å². The van der Waals surface area contributed by atoms with E-state index in [1.54, 1.807) is 0 Å². The first-order chi connectivity index (χ1) is 17.6. The van der Waals surface area contributed by atoms with E-state index >= 15 is 0 Å². The average molecular weight is 571 g/mol. The Bertz CT molecular complexity index is 953. The van der Waals surface area contributed by atoms with E-state index < -0.39 is 35.3 Å². The van der Waals surface area contributed by atoms with Crippen LogP contribution in [0.4, 0.5) is 0 Å². The molecule has 0 aliphatic rings. The molecule has 0 aromatic heterocycles. The molecule has 1 atom stereocenters. The Labute approximate surface area is 229 Å². The molecule has 38 heavy (non-hydrogen) atoms. The van der Waals surface area contributed by atoms with Crippen molar-refractivity contribution in [3.8, 4) is 0 Å². The maximum absolute atomic E-state index is 10.9. The number of ether oxygens (including phenoxy) is 1. The quantitative estimate of drug-likeness (QED) is 0.199. The maximum Gasteiger partial charge on any atom is 0.327 e. The Morgan fingerprint density at radius 1 is 0.763 bits per heavy atom. The summed E-state index contributed by atoms with van der Waals surface area (Å²) >= 11 is 0. The minimum Gasteiger partial charge on any atom is -0.395 e. The average Bonchev–Trinajstić information content (AvgIpc) is 2.84. The van der Waals surface area contributed by atoms with Crippen molar-refractivity contribution in [3.05, 3.63) is 70.3 Å². The zero-order valence-corrected chi connectivity index (χ0v) is 25.3. The van der Waals surface area contributed by atoms with Gasteiger partial charge in [0.25, 0.3) is 0 Å². The summed E-state index contributed by atoms with van der Waals surface area (Å²) in [6.45, 7) is 13.7. The summed E-state index contributed by atoms with van der Waals surface area (Å²) < 4.78 is 17.2. The molecule has 0 bridgehead atoms. The molecule has 0 amide bonds. The summed E-state index contributed by atoms with van der Waals surface area (Å²) in [5.74, 6) is 0. The molecule has 2 aromatic carbocycles. The molecular formula is C28H44O8P2. The zero-order valence-electron chi connectivity index (χ0n) is 23.5. The maximum atomic E-state index is 10.9. The summed E-state index contributed by atoms with van der Waals surface area (Å²) in [6.07, 6.45) is -0.0372. The number of aliphatic hydroxyl groups is 1. The molecule has 214 valence electrons. The van der Waals surface area contributed by atoms with Gasteiger partial charge in [-0.05, 0) is 45.1 Å². The number of hydrogen-bond acceptors (Lipinski definition) is 8. The van der Waals surface area contributed by atoms with Gasteiger partial charge in [0, 0.05) is 0 Å². The van der Waals surface area contributed by atoms with Crippen molar-refractivity contribution in [2.24, 2.45) is 5.41 Å². The molecule has 2 aromatic rings. The molecule has 8 nitrogen and oxygen atoms in total. The van der Waals surface area contributed by atoms with Crippen LogP contribution in [-0.2, 0) is 37.6 Å². The van der Waals surface area contributed by atoms with Gasteiger partial charge in [-0.1, -0.05) is 90.9 Å². The van der Waals surface area contributed by atoms with Gasteiger partial charge in [0.1, 0.15) is 0 Å².